The van der Waals surface area contributed by atoms with E-state index in [1.165, 1.54) is 0 Å². The number of alkyl carbamates (subject to hydrolysis) is 1. The van der Waals surface area contributed by atoms with E-state index in [9.17, 15) is 4.79 Å². The largest absolute Gasteiger partial charge is 0.491 e. The van der Waals surface area contributed by atoms with E-state index in [1.807, 2.05) is 52.1 Å². The topological polar surface area (TPSA) is 78.0 Å². The number of benzene rings is 2. The van der Waals surface area contributed by atoms with Crippen molar-refractivity contribution in [3.63, 3.8) is 0 Å². The zero-order valence-electron chi connectivity index (χ0n) is 20.1. The monoisotopic (exact) mass is 456 g/mol. The molecule has 2 aromatic rings. The molecule has 0 atom stereocenters. The first kappa shape index (κ1) is 26.2. The van der Waals surface area contributed by atoms with E-state index in [1.54, 1.807) is 0 Å². The normalized spacial score (nSPS) is 11.4. The van der Waals surface area contributed by atoms with Crippen molar-refractivity contribution in [2.24, 2.45) is 0 Å². The second-order valence-corrected chi connectivity index (χ2v) is 8.28. The first-order chi connectivity index (χ1) is 15.9. The van der Waals surface area contributed by atoms with Gasteiger partial charge in [0.05, 0.1) is 26.4 Å². The summed E-state index contributed by atoms with van der Waals surface area (Å²) in [6, 6.07) is 16.2. The van der Waals surface area contributed by atoms with E-state index in [4.69, 9.17) is 18.9 Å². The number of hydrogen-bond donors (Lipinski definition) is 2. The molecule has 2 rings (SSSR count). The summed E-state index contributed by atoms with van der Waals surface area (Å²) < 4.78 is 21.8. The van der Waals surface area contributed by atoms with Gasteiger partial charge in [-0.1, -0.05) is 36.4 Å². The van der Waals surface area contributed by atoms with Crippen LogP contribution in [-0.4, -0.2) is 58.3 Å². The van der Waals surface area contributed by atoms with E-state index in [0.29, 0.717) is 39.6 Å². The summed E-state index contributed by atoms with van der Waals surface area (Å²) >= 11 is 0. The van der Waals surface area contributed by atoms with Gasteiger partial charge >= 0.3 is 6.09 Å². The molecule has 0 heterocycles. The lowest BCUT2D eigenvalue weighted by molar-refractivity contribution is 0.0327. The van der Waals surface area contributed by atoms with Crippen LogP contribution in [0.25, 0.3) is 12.2 Å². The van der Waals surface area contributed by atoms with Crippen LogP contribution in [0.15, 0.2) is 48.5 Å². The lowest BCUT2D eigenvalue weighted by Gasteiger charge is -2.19. The lowest BCUT2D eigenvalue weighted by Crippen LogP contribution is -2.34. The zero-order valence-corrected chi connectivity index (χ0v) is 20.1. The number of carbonyl (C=O) groups excluding carboxylic acids is 1. The van der Waals surface area contributed by atoms with Gasteiger partial charge in [0, 0.05) is 19.3 Å². The van der Waals surface area contributed by atoms with Crippen LogP contribution in [0.1, 0.15) is 31.9 Å². The Hall–Kier alpha value is -3.03. The smallest absolute Gasteiger partial charge is 0.407 e. The molecule has 0 saturated heterocycles. The Bertz CT molecular complexity index is 842. The maximum Gasteiger partial charge on any atom is 0.407 e. The van der Waals surface area contributed by atoms with Crippen molar-refractivity contribution < 1.29 is 23.7 Å². The predicted octanol–water partition coefficient (Wildman–Crippen LogP) is 4.84. The molecule has 0 spiro atoms. The number of anilines is 1. The molecule has 0 radical (unpaired) electrons. The molecule has 2 aromatic carbocycles. The maximum atomic E-state index is 11.5. The second kappa shape index (κ2) is 14.2. The molecule has 1 amide bonds. The molecule has 7 nitrogen and oxygen atoms in total. The first-order valence-electron chi connectivity index (χ1n) is 11.2. The number of carbonyl (C=O) groups is 1. The van der Waals surface area contributed by atoms with Gasteiger partial charge in [-0.3, -0.25) is 0 Å². The third kappa shape index (κ3) is 12.0. The SMILES string of the molecule is CNc1ccc(/C=C/c2ccc(OCCOCCOCCNC(=O)OC(C)(C)C)cc2)cc1. The van der Waals surface area contributed by atoms with Crippen LogP contribution in [0.3, 0.4) is 0 Å². The molecule has 0 fully saturated rings. The molecule has 180 valence electrons. The van der Waals surface area contributed by atoms with E-state index in [-0.39, 0.29) is 0 Å². The molecule has 0 aromatic heterocycles. The van der Waals surface area contributed by atoms with Crippen LogP contribution >= 0.6 is 0 Å². The van der Waals surface area contributed by atoms with Crippen molar-refractivity contribution in [1.29, 1.82) is 0 Å². The Kier molecular flexibility index (Phi) is 11.3. The summed E-state index contributed by atoms with van der Waals surface area (Å²) in [5.74, 6) is 0.804. The van der Waals surface area contributed by atoms with Gasteiger partial charge in [0.1, 0.15) is 18.0 Å². The summed E-state index contributed by atoms with van der Waals surface area (Å²) in [5, 5.41) is 5.75. The number of ether oxygens (including phenoxy) is 4. The Labute approximate surface area is 197 Å². The van der Waals surface area contributed by atoms with Crippen molar-refractivity contribution in [2.75, 3.05) is 51.9 Å². The molecule has 0 unspecified atom stereocenters. The Morgan fingerprint density at radius 2 is 1.36 bits per heavy atom. The fourth-order valence-corrected chi connectivity index (χ4v) is 2.71. The third-order valence-electron chi connectivity index (χ3n) is 4.33. The van der Waals surface area contributed by atoms with Crippen molar-refractivity contribution in [1.82, 2.24) is 5.32 Å². The van der Waals surface area contributed by atoms with Crippen LogP contribution in [0.2, 0.25) is 0 Å². The molecule has 0 saturated carbocycles. The Morgan fingerprint density at radius 1 is 0.818 bits per heavy atom. The summed E-state index contributed by atoms with van der Waals surface area (Å²) in [4.78, 5) is 11.5. The Balaban J connectivity index is 1.51. The van der Waals surface area contributed by atoms with Gasteiger partial charge < -0.3 is 29.6 Å². The highest BCUT2D eigenvalue weighted by Gasteiger charge is 2.15. The van der Waals surface area contributed by atoms with Crippen LogP contribution < -0.4 is 15.4 Å². The quantitative estimate of drug-likeness (QED) is 0.332. The van der Waals surface area contributed by atoms with E-state index < -0.39 is 11.7 Å². The van der Waals surface area contributed by atoms with Crippen molar-refractivity contribution in [3.05, 3.63) is 59.7 Å². The number of rotatable bonds is 13. The van der Waals surface area contributed by atoms with Gasteiger partial charge in [0.25, 0.3) is 0 Å². The second-order valence-electron chi connectivity index (χ2n) is 8.28. The average molecular weight is 457 g/mol. The third-order valence-corrected chi connectivity index (χ3v) is 4.33. The van der Waals surface area contributed by atoms with Crippen molar-refractivity contribution in [3.8, 4) is 5.75 Å². The highest BCUT2D eigenvalue weighted by molar-refractivity contribution is 5.70. The van der Waals surface area contributed by atoms with Crippen LogP contribution in [0, 0.1) is 0 Å². The van der Waals surface area contributed by atoms with Crippen molar-refractivity contribution >= 4 is 23.9 Å². The summed E-state index contributed by atoms with van der Waals surface area (Å²) in [7, 11) is 1.91. The van der Waals surface area contributed by atoms with Gasteiger partial charge in [-0.05, 0) is 56.2 Å². The van der Waals surface area contributed by atoms with E-state index >= 15 is 0 Å². The van der Waals surface area contributed by atoms with Gasteiger partial charge in [-0.25, -0.2) is 4.79 Å². The molecule has 2 N–H and O–H groups in total. The minimum absolute atomic E-state index is 0.395. The fraction of sp³-hybridized carbons (Fsp3) is 0.423. The lowest BCUT2D eigenvalue weighted by atomic mass is 10.1. The number of hydrogen-bond acceptors (Lipinski definition) is 6. The first-order valence-corrected chi connectivity index (χ1v) is 11.2. The van der Waals surface area contributed by atoms with Gasteiger partial charge in [-0.15, -0.1) is 0 Å². The molecular formula is C26H36N2O5. The summed E-state index contributed by atoms with van der Waals surface area (Å²) in [5.41, 5.74) is 2.85. The van der Waals surface area contributed by atoms with Crippen LogP contribution in [0.4, 0.5) is 10.5 Å². The highest BCUT2D eigenvalue weighted by Crippen LogP contribution is 2.15. The van der Waals surface area contributed by atoms with Gasteiger partial charge in [0.15, 0.2) is 0 Å². The molecule has 33 heavy (non-hydrogen) atoms. The Morgan fingerprint density at radius 3 is 1.94 bits per heavy atom. The van der Waals surface area contributed by atoms with Gasteiger partial charge in [0.2, 0.25) is 0 Å². The maximum absolute atomic E-state index is 11.5. The van der Waals surface area contributed by atoms with Crippen molar-refractivity contribution in [2.45, 2.75) is 26.4 Å². The minimum Gasteiger partial charge on any atom is -0.491 e. The van der Waals surface area contributed by atoms with Crippen LogP contribution in [-0.2, 0) is 14.2 Å². The fourth-order valence-electron chi connectivity index (χ4n) is 2.71. The molecule has 0 aliphatic carbocycles. The molecule has 0 bridgehead atoms. The van der Waals surface area contributed by atoms with Gasteiger partial charge in [-0.2, -0.15) is 0 Å². The van der Waals surface area contributed by atoms with E-state index in [0.717, 1.165) is 22.6 Å². The highest BCUT2D eigenvalue weighted by atomic mass is 16.6. The molecule has 0 aliphatic rings. The molecule has 7 heteroatoms. The molecule has 0 aliphatic heterocycles. The zero-order chi connectivity index (χ0) is 23.9. The van der Waals surface area contributed by atoms with Crippen LogP contribution in [0.5, 0.6) is 5.75 Å². The van der Waals surface area contributed by atoms with E-state index in [2.05, 4.69) is 47.1 Å². The molecular weight excluding hydrogens is 420 g/mol. The number of nitrogens with one attached hydrogen (secondary N) is 2. The minimum atomic E-state index is -0.500. The average Bonchev–Trinajstić information content (AvgIpc) is 2.79. The summed E-state index contributed by atoms with van der Waals surface area (Å²) in [6.45, 7) is 8.13. The standard InChI is InChI=1S/C26H36N2O5/c1-26(2,3)33-25(29)28-15-16-30-17-18-31-19-20-32-24-13-9-22(10-14-24)6-5-21-7-11-23(27-4)12-8-21/h5-14,27H,15-20H2,1-4H3,(H,28,29)/b6-5+. The predicted molar refractivity (Wildman–Crippen MR) is 133 cm³/mol. The summed E-state index contributed by atoms with van der Waals surface area (Å²) in [6.07, 6.45) is 3.71. The number of amides is 1.